The topological polar surface area (TPSA) is 93.5 Å². The van der Waals surface area contributed by atoms with Gasteiger partial charge in [0.1, 0.15) is 17.4 Å². The van der Waals surface area contributed by atoms with E-state index >= 15 is 0 Å². The maximum atomic E-state index is 13.2. The van der Waals surface area contributed by atoms with E-state index in [0.717, 1.165) is 33.8 Å². The number of fused-ring (bicyclic) bond motifs is 1. The van der Waals surface area contributed by atoms with Crippen LogP contribution in [0.3, 0.4) is 0 Å². The first-order chi connectivity index (χ1) is 16.8. The molecule has 0 spiro atoms. The molecule has 0 bridgehead atoms. The first kappa shape index (κ1) is 23.3. The van der Waals surface area contributed by atoms with Crippen molar-refractivity contribution in [2.45, 2.75) is 25.7 Å². The highest BCUT2D eigenvalue weighted by molar-refractivity contribution is 7.89. The summed E-state index contributed by atoms with van der Waals surface area (Å²) in [6.45, 7) is 7.66. The molecular formula is C25H28N6O3S. The van der Waals surface area contributed by atoms with Crippen LogP contribution in [-0.4, -0.2) is 65.8 Å². The number of aromatic nitrogens is 4. The van der Waals surface area contributed by atoms with Crippen molar-refractivity contribution in [1.82, 2.24) is 24.1 Å². The van der Waals surface area contributed by atoms with E-state index in [1.54, 1.807) is 31.4 Å². The van der Waals surface area contributed by atoms with Gasteiger partial charge in [-0.05, 0) is 56.7 Å². The molecule has 5 rings (SSSR count). The van der Waals surface area contributed by atoms with Gasteiger partial charge < -0.3 is 9.64 Å². The first-order valence-electron chi connectivity index (χ1n) is 11.5. The number of hydrogen-bond donors (Lipinski definition) is 0. The molecule has 9 nitrogen and oxygen atoms in total. The van der Waals surface area contributed by atoms with Crippen molar-refractivity contribution in [2.24, 2.45) is 0 Å². The van der Waals surface area contributed by atoms with E-state index < -0.39 is 10.0 Å². The smallest absolute Gasteiger partial charge is 0.243 e. The van der Waals surface area contributed by atoms with Crippen LogP contribution in [0.2, 0.25) is 0 Å². The molecule has 3 heterocycles. The largest absolute Gasteiger partial charge is 0.497 e. The van der Waals surface area contributed by atoms with E-state index in [1.165, 1.54) is 4.31 Å². The normalized spacial score (nSPS) is 15.0. The number of ether oxygens (including phenoxy) is 1. The van der Waals surface area contributed by atoms with Crippen LogP contribution in [0, 0.1) is 20.8 Å². The molecule has 35 heavy (non-hydrogen) atoms. The number of methoxy groups -OCH3 is 1. The molecule has 10 heteroatoms. The lowest BCUT2D eigenvalue weighted by Gasteiger charge is -2.35. The summed E-state index contributed by atoms with van der Waals surface area (Å²) in [6, 6.07) is 14.6. The third-order valence-electron chi connectivity index (χ3n) is 6.37. The quantitative estimate of drug-likeness (QED) is 0.422. The number of anilines is 1. The van der Waals surface area contributed by atoms with Crippen LogP contribution in [0.1, 0.15) is 17.1 Å². The van der Waals surface area contributed by atoms with Crippen LogP contribution >= 0.6 is 0 Å². The Balaban J connectivity index is 1.45. The third-order valence-corrected chi connectivity index (χ3v) is 8.29. The highest BCUT2D eigenvalue weighted by atomic mass is 32.2. The molecule has 1 aliphatic heterocycles. The zero-order valence-corrected chi connectivity index (χ0v) is 21.1. The Bertz CT molecular complexity index is 1490. The molecule has 1 saturated heterocycles. The van der Waals surface area contributed by atoms with Gasteiger partial charge in [-0.1, -0.05) is 18.2 Å². The molecule has 0 N–H and O–H groups in total. The lowest BCUT2D eigenvalue weighted by Crippen LogP contribution is -2.49. The molecule has 0 radical (unpaired) electrons. The van der Waals surface area contributed by atoms with Gasteiger partial charge in [0.2, 0.25) is 10.0 Å². The van der Waals surface area contributed by atoms with Crippen molar-refractivity contribution in [3.05, 3.63) is 65.6 Å². The van der Waals surface area contributed by atoms with Crippen molar-refractivity contribution < 1.29 is 13.2 Å². The van der Waals surface area contributed by atoms with E-state index in [9.17, 15) is 8.42 Å². The van der Waals surface area contributed by atoms with Gasteiger partial charge in [0.05, 0.1) is 28.8 Å². The average molecular weight is 493 g/mol. The SMILES string of the molecule is COc1ccc(S(=O)(=O)N2CCN(c3nc(C)nc4c3c(C)nn4-c3ccccc3C)CC2)cc1. The minimum absolute atomic E-state index is 0.266. The number of aryl methyl sites for hydroxylation is 3. The van der Waals surface area contributed by atoms with Crippen LogP contribution < -0.4 is 9.64 Å². The zero-order valence-electron chi connectivity index (χ0n) is 20.3. The second-order valence-electron chi connectivity index (χ2n) is 8.64. The predicted octanol–water partition coefficient (Wildman–Crippen LogP) is 3.26. The summed E-state index contributed by atoms with van der Waals surface area (Å²) in [5.41, 5.74) is 3.68. The Morgan fingerprint density at radius 3 is 2.23 bits per heavy atom. The first-order valence-corrected chi connectivity index (χ1v) is 12.9. The van der Waals surface area contributed by atoms with Crippen molar-refractivity contribution in [3.8, 4) is 11.4 Å². The number of piperazine rings is 1. The fourth-order valence-corrected chi connectivity index (χ4v) is 5.92. The second-order valence-corrected chi connectivity index (χ2v) is 10.6. The maximum absolute atomic E-state index is 13.2. The van der Waals surface area contributed by atoms with E-state index in [2.05, 4.69) is 17.9 Å². The highest BCUT2D eigenvalue weighted by Gasteiger charge is 2.30. The standard InChI is InChI=1S/C25H28N6O3S/c1-17-7-5-6-8-22(17)31-25-23(18(2)28-31)24(26-19(3)27-25)29-13-15-30(16-14-29)35(32,33)21-11-9-20(34-4)10-12-21/h5-12H,13-16H2,1-4H3. The second kappa shape index (κ2) is 8.94. The third kappa shape index (κ3) is 4.12. The molecule has 1 fully saturated rings. The predicted molar refractivity (Wildman–Crippen MR) is 135 cm³/mol. The lowest BCUT2D eigenvalue weighted by atomic mass is 10.2. The van der Waals surface area contributed by atoms with Crippen molar-refractivity contribution in [3.63, 3.8) is 0 Å². The number of benzene rings is 2. The van der Waals surface area contributed by atoms with E-state index in [1.807, 2.05) is 36.7 Å². The monoisotopic (exact) mass is 492 g/mol. The Labute approximate surface area is 205 Å². The van der Waals surface area contributed by atoms with Crippen LogP contribution in [0.4, 0.5) is 5.82 Å². The van der Waals surface area contributed by atoms with Gasteiger partial charge in [0, 0.05) is 26.2 Å². The Morgan fingerprint density at radius 2 is 1.57 bits per heavy atom. The molecule has 0 amide bonds. The summed E-state index contributed by atoms with van der Waals surface area (Å²) in [4.78, 5) is 11.9. The number of para-hydroxylation sites is 1. The average Bonchev–Trinajstić information content (AvgIpc) is 3.19. The van der Waals surface area contributed by atoms with Gasteiger partial charge in [-0.25, -0.2) is 23.1 Å². The summed E-state index contributed by atoms with van der Waals surface area (Å²) < 4.78 is 34.9. The fourth-order valence-electron chi connectivity index (χ4n) is 4.50. The van der Waals surface area contributed by atoms with E-state index in [0.29, 0.717) is 37.8 Å². The Morgan fingerprint density at radius 1 is 0.886 bits per heavy atom. The molecule has 2 aromatic heterocycles. The van der Waals surface area contributed by atoms with Crippen LogP contribution in [-0.2, 0) is 10.0 Å². The molecule has 0 unspecified atom stereocenters. The van der Waals surface area contributed by atoms with Crippen LogP contribution in [0.25, 0.3) is 16.7 Å². The van der Waals surface area contributed by atoms with Gasteiger partial charge in [-0.3, -0.25) is 0 Å². The zero-order chi connectivity index (χ0) is 24.7. The van der Waals surface area contributed by atoms with Crippen LogP contribution in [0.15, 0.2) is 53.4 Å². The summed E-state index contributed by atoms with van der Waals surface area (Å²) in [6.07, 6.45) is 0. The number of hydrogen-bond acceptors (Lipinski definition) is 7. The molecule has 2 aromatic carbocycles. The summed E-state index contributed by atoms with van der Waals surface area (Å²) in [5, 5.41) is 5.69. The minimum atomic E-state index is -3.59. The molecule has 0 saturated carbocycles. The molecule has 4 aromatic rings. The van der Waals surface area contributed by atoms with Gasteiger partial charge >= 0.3 is 0 Å². The van der Waals surface area contributed by atoms with E-state index in [4.69, 9.17) is 19.8 Å². The highest BCUT2D eigenvalue weighted by Crippen LogP contribution is 2.31. The van der Waals surface area contributed by atoms with Gasteiger partial charge in [-0.15, -0.1) is 0 Å². The fraction of sp³-hybridized carbons (Fsp3) is 0.320. The Kier molecular flexibility index (Phi) is 5.94. The van der Waals surface area contributed by atoms with Gasteiger partial charge in [-0.2, -0.15) is 9.40 Å². The minimum Gasteiger partial charge on any atom is -0.497 e. The van der Waals surface area contributed by atoms with Crippen molar-refractivity contribution in [2.75, 3.05) is 38.2 Å². The molecule has 1 aliphatic rings. The Hall–Kier alpha value is -3.50. The number of nitrogens with zero attached hydrogens (tertiary/aromatic N) is 6. The summed E-state index contributed by atoms with van der Waals surface area (Å²) in [5.74, 6) is 2.07. The van der Waals surface area contributed by atoms with Gasteiger partial charge in [0.15, 0.2) is 5.65 Å². The number of sulfonamides is 1. The van der Waals surface area contributed by atoms with Crippen molar-refractivity contribution >= 4 is 26.9 Å². The summed E-state index contributed by atoms with van der Waals surface area (Å²) in [7, 11) is -2.03. The van der Waals surface area contributed by atoms with E-state index in [-0.39, 0.29) is 4.90 Å². The maximum Gasteiger partial charge on any atom is 0.243 e. The van der Waals surface area contributed by atoms with Gasteiger partial charge in [0.25, 0.3) is 0 Å². The van der Waals surface area contributed by atoms with Crippen molar-refractivity contribution in [1.29, 1.82) is 0 Å². The molecular weight excluding hydrogens is 464 g/mol. The number of rotatable bonds is 5. The summed E-state index contributed by atoms with van der Waals surface area (Å²) >= 11 is 0. The molecule has 0 aliphatic carbocycles. The van der Waals surface area contributed by atoms with Crippen LogP contribution in [0.5, 0.6) is 5.75 Å². The molecule has 0 atom stereocenters. The lowest BCUT2D eigenvalue weighted by molar-refractivity contribution is 0.383. The molecule has 182 valence electrons.